The smallest absolute Gasteiger partial charge is 0.258 e. The Balaban J connectivity index is 2.10. The monoisotopic (exact) mass is 422 g/mol. The van der Waals surface area contributed by atoms with Crippen LogP contribution in [0.5, 0.6) is 5.75 Å². The van der Waals surface area contributed by atoms with Crippen LogP contribution in [0, 0.1) is 5.82 Å². The summed E-state index contributed by atoms with van der Waals surface area (Å²) in [4.78, 5) is 15.0. The molecule has 5 nitrogen and oxygen atoms in total. The summed E-state index contributed by atoms with van der Waals surface area (Å²) in [6.07, 6.45) is 1.97. The number of fused-ring (bicyclic) bond motifs is 3. The molecule has 0 atom stereocenters. The Bertz CT molecular complexity index is 1250. The Labute approximate surface area is 181 Å². The molecule has 0 saturated heterocycles. The fraction of sp³-hybridized carbons (Fsp3) is 0.320. The zero-order chi connectivity index (χ0) is 22.3. The predicted octanol–water partition coefficient (Wildman–Crippen LogP) is 6.09. The lowest BCUT2D eigenvalue weighted by Crippen LogP contribution is -2.26. The molecule has 0 fully saturated rings. The number of nitrogens with zero attached hydrogens (tertiary/aromatic N) is 2. The molecule has 2 aromatic carbocycles. The van der Waals surface area contributed by atoms with E-state index in [1.807, 2.05) is 39.1 Å². The van der Waals surface area contributed by atoms with Gasteiger partial charge in [-0.1, -0.05) is 0 Å². The topological polar surface area (TPSA) is 47.6 Å². The molecular weight excluding hydrogens is 395 g/mol. The first-order valence-electron chi connectivity index (χ1n) is 10.6. The fourth-order valence-corrected chi connectivity index (χ4v) is 3.87. The van der Waals surface area contributed by atoms with E-state index in [-0.39, 0.29) is 17.8 Å². The summed E-state index contributed by atoms with van der Waals surface area (Å²) in [5.74, 6) is 0.662. The molecule has 2 aromatic heterocycles. The highest BCUT2D eigenvalue weighted by Gasteiger charge is 2.27. The van der Waals surface area contributed by atoms with Crippen molar-refractivity contribution >= 4 is 27.8 Å². The largest absolute Gasteiger partial charge is 0.489 e. The molecule has 0 aliphatic heterocycles. The van der Waals surface area contributed by atoms with Crippen LogP contribution in [-0.2, 0) is 6.54 Å². The van der Waals surface area contributed by atoms with Gasteiger partial charge in [-0.3, -0.25) is 4.79 Å². The number of hydrogen-bond acceptors (Lipinski definition) is 3. The number of hydrogen-bond donors (Lipinski definition) is 0. The zero-order valence-electron chi connectivity index (χ0n) is 18.5. The average Bonchev–Trinajstić information content (AvgIpc) is 3.34. The summed E-state index contributed by atoms with van der Waals surface area (Å²) >= 11 is 0. The summed E-state index contributed by atoms with van der Waals surface area (Å²) in [6, 6.07) is 9.90. The quantitative estimate of drug-likeness (QED) is 0.378. The second kappa shape index (κ2) is 8.10. The van der Waals surface area contributed by atoms with Crippen LogP contribution in [0.15, 0.2) is 47.0 Å². The second-order valence-electron chi connectivity index (χ2n) is 7.91. The summed E-state index contributed by atoms with van der Waals surface area (Å²) in [7, 11) is 1.76. The van der Waals surface area contributed by atoms with Crippen molar-refractivity contribution in [2.24, 2.45) is 0 Å². The highest BCUT2D eigenvalue weighted by molar-refractivity contribution is 6.17. The van der Waals surface area contributed by atoms with Gasteiger partial charge in [0.2, 0.25) is 0 Å². The maximum atomic E-state index is 13.5. The second-order valence-corrected chi connectivity index (χ2v) is 7.91. The molecule has 6 heteroatoms. The highest BCUT2D eigenvalue weighted by atomic mass is 19.1. The Kier molecular flexibility index (Phi) is 5.48. The van der Waals surface area contributed by atoms with Crippen molar-refractivity contribution in [3.05, 3.63) is 54.0 Å². The number of furan rings is 1. The van der Waals surface area contributed by atoms with E-state index in [2.05, 4.69) is 11.5 Å². The molecule has 31 heavy (non-hydrogen) atoms. The van der Waals surface area contributed by atoms with Crippen LogP contribution in [0.2, 0.25) is 0 Å². The van der Waals surface area contributed by atoms with Gasteiger partial charge in [-0.05, 0) is 64.1 Å². The van der Waals surface area contributed by atoms with Gasteiger partial charge in [-0.25, -0.2) is 4.39 Å². The first kappa shape index (κ1) is 21.0. The minimum absolute atomic E-state index is 0.0261. The third-order valence-corrected chi connectivity index (χ3v) is 5.51. The van der Waals surface area contributed by atoms with Crippen LogP contribution in [0.4, 0.5) is 4.39 Å². The van der Waals surface area contributed by atoms with Crippen LogP contribution in [-0.4, -0.2) is 35.1 Å². The van der Waals surface area contributed by atoms with Crippen molar-refractivity contribution in [1.29, 1.82) is 0 Å². The molecule has 0 radical (unpaired) electrons. The Morgan fingerprint density at radius 2 is 1.87 bits per heavy atom. The van der Waals surface area contributed by atoms with E-state index in [1.165, 1.54) is 12.1 Å². The van der Waals surface area contributed by atoms with Crippen LogP contribution in [0.3, 0.4) is 0 Å². The van der Waals surface area contributed by atoms with Gasteiger partial charge in [0.15, 0.2) is 0 Å². The van der Waals surface area contributed by atoms with Gasteiger partial charge in [0, 0.05) is 42.7 Å². The number of aryl methyl sites for hydroxylation is 1. The number of amides is 1. The molecule has 0 N–H and O–H groups in total. The molecule has 162 valence electrons. The molecule has 0 aliphatic carbocycles. The van der Waals surface area contributed by atoms with Gasteiger partial charge in [-0.15, -0.1) is 0 Å². The van der Waals surface area contributed by atoms with Gasteiger partial charge in [0.25, 0.3) is 5.91 Å². The standard InChI is InChI=1S/C25H27FN2O3/c1-6-27(5)25(29)21-19-14-20(30-15(3)4)22-18(12-13-28(22)7-2)24(19)31-23(21)16-8-10-17(26)11-9-16/h8-15H,6-7H2,1-5H3. The molecule has 0 bridgehead atoms. The van der Waals surface area contributed by atoms with Crippen LogP contribution >= 0.6 is 0 Å². The van der Waals surface area contributed by atoms with Crippen molar-refractivity contribution in [1.82, 2.24) is 9.47 Å². The lowest BCUT2D eigenvalue weighted by molar-refractivity contribution is 0.0804. The first-order valence-corrected chi connectivity index (χ1v) is 10.6. The summed E-state index contributed by atoms with van der Waals surface area (Å²) in [5, 5.41) is 1.58. The normalized spacial score (nSPS) is 11.6. The van der Waals surface area contributed by atoms with Crippen LogP contribution in [0.25, 0.3) is 33.2 Å². The summed E-state index contributed by atoms with van der Waals surface area (Å²) in [6.45, 7) is 9.28. The van der Waals surface area contributed by atoms with E-state index in [4.69, 9.17) is 9.15 Å². The lowest BCUT2D eigenvalue weighted by Gasteiger charge is -2.16. The molecule has 0 aliphatic rings. The average molecular weight is 423 g/mol. The van der Waals surface area contributed by atoms with Crippen LogP contribution in [0.1, 0.15) is 38.1 Å². The number of ether oxygens (including phenoxy) is 1. The van der Waals surface area contributed by atoms with Gasteiger partial charge in [0.05, 0.1) is 17.2 Å². The molecular formula is C25H27FN2O3. The molecule has 1 amide bonds. The van der Waals surface area contributed by atoms with Crippen molar-refractivity contribution in [2.75, 3.05) is 13.6 Å². The number of rotatable bonds is 6. The third kappa shape index (κ3) is 3.56. The lowest BCUT2D eigenvalue weighted by atomic mass is 10.0. The number of benzene rings is 2. The summed E-state index contributed by atoms with van der Waals surface area (Å²) < 4.78 is 28.1. The van der Waals surface area contributed by atoms with E-state index in [0.717, 1.165) is 17.4 Å². The maximum Gasteiger partial charge on any atom is 0.258 e. The van der Waals surface area contributed by atoms with Gasteiger partial charge < -0.3 is 18.6 Å². The predicted molar refractivity (Wildman–Crippen MR) is 121 cm³/mol. The Hall–Kier alpha value is -3.28. The SMILES string of the molecule is CCN(C)C(=O)c1c(-c2ccc(F)cc2)oc2c1cc(OC(C)C)c1c2ccn1CC. The van der Waals surface area contributed by atoms with E-state index in [0.29, 0.717) is 40.2 Å². The van der Waals surface area contributed by atoms with Crippen LogP contribution < -0.4 is 4.74 Å². The molecule has 0 spiro atoms. The van der Waals surface area contributed by atoms with Gasteiger partial charge in [0.1, 0.15) is 22.9 Å². The third-order valence-electron chi connectivity index (χ3n) is 5.51. The molecule has 4 rings (SSSR count). The maximum absolute atomic E-state index is 13.5. The minimum atomic E-state index is -0.339. The number of carbonyl (C=O) groups excluding carboxylic acids is 1. The first-order chi connectivity index (χ1) is 14.8. The fourth-order valence-electron chi connectivity index (χ4n) is 3.87. The van der Waals surface area contributed by atoms with E-state index >= 15 is 0 Å². The summed E-state index contributed by atoms with van der Waals surface area (Å²) in [5.41, 5.74) is 2.68. The van der Waals surface area contributed by atoms with Crippen molar-refractivity contribution in [3.63, 3.8) is 0 Å². The van der Waals surface area contributed by atoms with Gasteiger partial charge >= 0.3 is 0 Å². The van der Waals surface area contributed by atoms with Crippen molar-refractivity contribution in [3.8, 4) is 17.1 Å². The van der Waals surface area contributed by atoms with Crippen molar-refractivity contribution in [2.45, 2.75) is 40.3 Å². The minimum Gasteiger partial charge on any atom is -0.489 e. The highest BCUT2D eigenvalue weighted by Crippen LogP contribution is 2.42. The molecule has 2 heterocycles. The molecule has 0 unspecified atom stereocenters. The molecule has 0 saturated carbocycles. The van der Waals surface area contributed by atoms with E-state index in [1.54, 1.807) is 24.1 Å². The molecule has 4 aromatic rings. The van der Waals surface area contributed by atoms with Crippen molar-refractivity contribution < 1.29 is 18.3 Å². The van der Waals surface area contributed by atoms with E-state index < -0.39 is 0 Å². The Morgan fingerprint density at radius 3 is 2.48 bits per heavy atom. The number of carbonyl (C=O) groups is 1. The Morgan fingerprint density at radius 1 is 1.16 bits per heavy atom. The number of halogens is 1. The van der Waals surface area contributed by atoms with E-state index in [9.17, 15) is 9.18 Å². The number of aromatic nitrogens is 1. The zero-order valence-corrected chi connectivity index (χ0v) is 18.5. The van der Waals surface area contributed by atoms with Gasteiger partial charge in [-0.2, -0.15) is 0 Å².